The number of rotatable bonds is 7. The van der Waals surface area contributed by atoms with Crippen LogP contribution in [0, 0.1) is 0 Å². The number of halogens is 1. The standard InChI is InChI=1S/C14H18ClN3O2/c1-3-7-16-8-6-13-17-18-14(20-13)11-5-4-10(15)9-12(11)19-2/h4-5,9,16H,3,6-8H2,1-2H3. The summed E-state index contributed by atoms with van der Waals surface area (Å²) in [6, 6.07) is 5.31. The average Bonchev–Trinajstić information content (AvgIpc) is 2.92. The van der Waals surface area contributed by atoms with E-state index in [1.54, 1.807) is 19.2 Å². The average molecular weight is 296 g/mol. The number of nitrogens with one attached hydrogen (secondary N) is 1. The van der Waals surface area contributed by atoms with E-state index in [4.69, 9.17) is 20.8 Å². The van der Waals surface area contributed by atoms with Crippen LogP contribution < -0.4 is 10.1 Å². The lowest BCUT2D eigenvalue weighted by Gasteiger charge is -2.04. The largest absolute Gasteiger partial charge is 0.496 e. The lowest BCUT2D eigenvalue weighted by molar-refractivity contribution is 0.413. The van der Waals surface area contributed by atoms with E-state index < -0.39 is 0 Å². The van der Waals surface area contributed by atoms with E-state index >= 15 is 0 Å². The Morgan fingerprint density at radius 2 is 2.15 bits per heavy atom. The van der Waals surface area contributed by atoms with Gasteiger partial charge in [0.15, 0.2) is 0 Å². The zero-order valence-corrected chi connectivity index (χ0v) is 12.4. The van der Waals surface area contributed by atoms with Gasteiger partial charge in [0, 0.05) is 18.0 Å². The second-order valence-electron chi connectivity index (χ2n) is 4.35. The van der Waals surface area contributed by atoms with E-state index in [1.165, 1.54) is 0 Å². The van der Waals surface area contributed by atoms with Gasteiger partial charge in [-0.3, -0.25) is 0 Å². The van der Waals surface area contributed by atoms with E-state index in [2.05, 4.69) is 22.4 Å². The maximum absolute atomic E-state index is 5.93. The van der Waals surface area contributed by atoms with E-state index in [9.17, 15) is 0 Å². The number of nitrogens with zero attached hydrogens (tertiary/aromatic N) is 2. The summed E-state index contributed by atoms with van der Waals surface area (Å²) in [4.78, 5) is 0. The third-order valence-electron chi connectivity index (χ3n) is 2.80. The summed E-state index contributed by atoms with van der Waals surface area (Å²) in [5, 5.41) is 12.0. The highest BCUT2D eigenvalue weighted by atomic mass is 35.5. The Kier molecular flexibility index (Phi) is 5.38. The molecule has 1 N–H and O–H groups in total. The molecule has 0 saturated carbocycles. The Morgan fingerprint density at radius 1 is 1.30 bits per heavy atom. The van der Waals surface area contributed by atoms with Crippen molar-refractivity contribution in [2.45, 2.75) is 19.8 Å². The lowest BCUT2D eigenvalue weighted by atomic mass is 10.2. The molecule has 0 aliphatic rings. The Labute approximate surface area is 123 Å². The van der Waals surface area contributed by atoms with Gasteiger partial charge in [0.05, 0.1) is 12.7 Å². The SMILES string of the molecule is CCCNCCc1nnc(-c2ccc(Cl)cc2OC)o1. The fraction of sp³-hybridized carbons (Fsp3) is 0.429. The van der Waals surface area contributed by atoms with Crippen LogP contribution in [0.1, 0.15) is 19.2 Å². The van der Waals surface area contributed by atoms with Crippen LogP contribution in [0.5, 0.6) is 5.75 Å². The molecular formula is C14H18ClN3O2. The third kappa shape index (κ3) is 3.71. The van der Waals surface area contributed by atoms with Crippen LogP contribution in [-0.2, 0) is 6.42 Å². The Balaban J connectivity index is 2.08. The molecule has 0 saturated heterocycles. The van der Waals surface area contributed by atoms with Crippen molar-refractivity contribution in [2.75, 3.05) is 20.2 Å². The summed E-state index contributed by atoms with van der Waals surface area (Å²) in [7, 11) is 1.58. The Bertz CT molecular complexity index is 557. The first-order valence-electron chi connectivity index (χ1n) is 6.61. The molecule has 20 heavy (non-hydrogen) atoms. The quantitative estimate of drug-likeness (QED) is 0.796. The van der Waals surface area contributed by atoms with Gasteiger partial charge in [-0.2, -0.15) is 0 Å². The normalized spacial score (nSPS) is 10.8. The minimum atomic E-state index is 0.448. The minimum absolute atomic E-state index is 0.448. The van der Waals surface area contributed by atoms with Gasteiger partial charge in [0.1, 0.15) is 5.75 Å². The first kappa shape index (κ1) is 14.8. The second kappa shape index (κ2) is 7.26. The number of hydrogen-bond acceptors (Lipinski definition) is 5. The number of methoxy groups -OCH3 is 1. The smallest absolute Gasteiger partial charge is 0.251 e. The second-order valence-corrected chi connectivity index (χ2v) is 4.78. The number of aromatic nitrogens is 2. The van der Waals surface area contributed by atoms with Gasteiger partial charge in [-0.1, -0.05) is 18.5 Å². The molecule has 0 amide bonds. The van der Waals surface area contributed by atoms with E-state index in [0.29, 0.717) is 29.0 Å². The van der Waals surface area contributed by atoms with Gasteiger partial charge in [-0.05, 0) is 31.2 Å². The van der Waals surface area contributed by atoms with Gasteiger partial charge in [0.2, 0.25) is 5.89 Å². The molecule has 0 aliphatic heterocycles. The molecule has 0 radical (unpaired) electrons. The van der Waals surface area contributed by atoms with E-state index in [-0.39, 0.29) is 0 Å². The fourth-order valence-electron chi connectivity index (χ4n) is 1.80. The minimum Gasteiger partial charge on any atom is -0.496 e. The van der Waals surface area contributed by atoms with Crippen LogP contribution in [0.3, 0.4) is 0 Å². The Hall–Kier alpha value is -1.59. The highest BCUT2D eigenvalue weighted by Crippen LogP contribution is 2.31. The molecule has 1 heterocycles. The van der Waals surface area contributed by atoms with Crippen molar-refractivity contribution in [3.8, 4) is 17.2 Å². The number of benzene rings is 1. The molecule has 0 bridgehead atoms. The van der Waals surface area contributed by atoms with E-state index in [1.807, 2.05) is 6.07 Å². The van der Waals surface area contributed by atoms with Gasteiger partial charge in [-0.15, -0.1) is 10.2 Å². The number of ether oxygens (including phenoxy) is 1. The van der Waals surface area contributed by atoms with Crippen LogP contribution in [0.25, 0.3) is 11.5 Å². The van der Waals surface area contributed by atoms with Gasteiger partial charge in [-0.25, -0.2) is 0 Å². The van der Waals surface area contributed by atoms with Crippen molar-refractivity contribution in [1.29, 1.82) is 0 Å². The molecule has 6 heteroatoms. The Morgan fingerprint density at radius 3 is 2.90 bits per heavy atom. The molecule has 0 unspecified atom stereocenters. The van der Waals surface area contributed by atoms with Crippen molar-refractivity contribution in [3.05, 3.63) is 29.1 Å². The van der Waals surface area contributed by atoms with Crippen molar-refractivity contribution in [1.82, 2.24) is 15.5 Å². The summed E-state index contributed by atoms with van der Waals surface area (Å²) in [6.07, 6.45) is 1.82. The molecule has 2 aromatic rings. The molecular weight excluding hydrogens is 278 g/mol. The highest BCUT2D eigenvalue weighted by Gasteiger charge is 2.13. The highest BCUT2D eigenvalue weighted by molar-refractivity contribution is 6.30. The molecule has 0 fully saturated rings. The lowest BCUT2D eigenvalue weighted by Crippen LogP contribution is -2.17. The van der Waals surface area contributed by atoms with Crippen molar-refractivity contribution in [3.63, 3.8) is 0 Å². The molecule has 108 valence electrons. The molecule has 0 aliphatic carbocycles. The predicted molar refractivity (Wildman–Crippen MR) is 78.2 cm³/mol. The van der Waals surface area contributed by atoms with Crippen molar-refractivity contribution in [2.24, 2.45) is 0 Å². The zero-order chi connectivity index (χ0) is 14.4. The van der Waals surface area contributed by atoms with Crippen LogP contribution in [0.2, 0.25) is 5.02 Å². The van der Waals surface area contributed by atoms with Gasteiger partial charge < -0.3 is 14.5 Å². The van der Waals surface area contributed by atoms with Crippen LogP contribution in [0.15, 0.2) is 22.6 Å². The first-order chi connectivity index (χ1) is 9.74. The molecule has 5 nitrogen and oxygen atoms in total. The van der Waals surface area contributed by atoms with E-state index in [0.717, 1.165) is 25.1 Å². The third-order valence-corrected chi connectivity index (χ3v) is 3.04. The first-order valence-corrected chi connectivity index (χ1v) is 6.99. The molecule has 0 atom stereocenters. The monoisotopic (exact) mass is 295 g/mol. The summed E-state index contributed by atoms with van der Waals surface area (Å²) >= 11 is 5.93. The van der Waals surface area contributed by atoms with Crippen molar-refractivity contribution >= 4 is 11.6 Å². The fourth-order valence-corrected chi connectivity index (χ4v) is 1.96. The summed E-state index contributed by atoms with van der Waals surface area (Å²) in [5.41, 5.74) is 0.747. The maximum atomic E-state index is 5.93. The summed E-state index contributed by atoms with van der Waals surface area (Å²) in [6.45, 7) is 3.95. The van der Waals surface area contributed by atoms with Crippen molar-refractivity contribution < 1.29 is 9.15 Å². The molecule has 1 aromatic heterocycles. The predicted octanol–water partition coefficient (Wildman–Crippen LogP) is 2.94. The van der Waals surface area contributed by atoms with Crippen LogP contribution in [-0.4, -0.2) is 30.4 Å². The summed E-state index contributed by atoms with van der Waals surface area (Å²) < 4.78 is 10.9. The topological polar surface area (TPSA) is 60.2 Å². The molecule has 1 aromatic carbocycles. The maximum Gasteiger partial charge on any atom is 0.251 e. The molecule has 2 rings (SSSR count). The van der Waals surface area contributed by atoms with Gasteiger partial charge >= 0.3 is 0 Å². The summed E-state index contributed by atoms with van der Waals surface area (Å²) in [5.74, 6) is 1.68. The number of hydrogen-bond donors (Lipinski definition) is 1. The zero-order valence-electron chi connectivity index (χ0n) is 11.6. The van der Waals surface area contributed by atoms with Gasteiger partial charge in [0.25, 0.3) is 5.89 Å². The van der Waals surface area contributed by atoms with Crippen LogP contribution in [0.4, 0.5) is 0 Å². The van der Waals surface area contributed by atoms with Crippen LogP contribution >= 0.6 is 11.6 Å². The molecule has 0 spiro atoms.